The highest BCUT2D eigenvalue weighted by Crippen LogP contribution is 2.36. The maximum Gasteiger partial charge on any atom is 0.494 e. The highest BCUT2D eigenvalue weighted by Gasteiger charge is 2.51. The Bertz CT molecular complexity index is 1540. The Labute approximate surface area is 251 Å². The van der Waals surface area contributed by atoms with Crippen molar-refractivity contribution in [2.24, 2.45) is 0 Å². The molecule has 1 N–H and O–H groups in total. The van der Waals surface area contributed by atoms with Crippen LogP contribution in [0.1, 0.15) is 70.1 Å². The highest BCUT2D eigenvalue weighted by atomic mass is 35.5. The van der Waals surface area contributed by atoms with Crippen molar-refractivity contribution in [3.8, 4) is 5.69 Å². The van der Waals surface area contributed by atoms with Gasteiger partial charge in [-0.25, -0.2) is 9.55 Å². The topological polar surface area (TPSA) is 85.7 Å². The molecule has 0 spiro atoms. The third kappa shape index (κ3) is 5.53. The summed E-state index contributed by atoms with van der Waals surface area (Å²) in [6, 6.07) is 12.2. The van der Waals surface area contributed by atoms with Crippen LogP contribution in [0.25, 0.3) is 5.69 Å². The number of aromatic nitrogens is 2. The Morgan fingerprint density at radius 3 is 2.27 bits per heavy atom. The van der Waals surface area contributed by atoms with E-state index in [1.165, 1.54) is 0 Å². The molecule has 0 saturated carbocycles. The van der Waals surface area contributed by atoms with Crippen molar-refractivity contribution in [3.63, 3.8) is 0 Å². The SMILES string of the molecule is CC(C)Nc1nc2c(c(=O)n1-c1ccc(B3OC(C)(C)C(C)(C)O3)cc1)C[C@@H](C)N(C(=O)c1ccc(Cl)c(Cl)c1)C2. The van der Waals surface area contributed by atoms with Gasteiger partial charge >= 0.3 is 7.12 Å². The van der Waals surface area contributed by atoms with Crippen LogP contribution in [-0.2, 0) is 22.3 Å². The summed E-state index contributed by atoms with van der Waals surface area (Å²) in [5.41, 5.74) is 2.10. The van der Waals surface area contributed by atoms with E-state index in [0.29, 0.717) is 44.9 Å². The molecular weight excluding hydrogens is 562 g/mol. The first-order chi connectivity index (χ1) is 19.2. The van der Waals surface area contributed by atoms with E-state index in [1.807, 2.05) is 72.7 Å². The van der Waals surface area contributed by atoms with Crippen LogP contribution in [0.2, 0.25) is 10.0 Å². The number of carbonyl (C=O) groups is 1. The molecule has 1 aromatic heterocycles. The van der Waals surface area contributed by atoms with Crippen LogP contribution < -0.4 is 16.3 Å². The van der Waals surface area contributed by atoms with Crippen molar-refractivity contribution >= 4 is 47.6 Å². The van der Waals surface area contributed by atoms with E-state index in [-0.39, 0.29) is 30.1 Å². The molecule has 2 aliphatic heterocycles. The Kier molecular flexibility index (Phi) is 7.79. The van der Waals surface area contributed by atoms with Crippen LogP contribution in [-0.4, -0.2) is 50.8 Å². The van der Waals surface area contributed by atoms with E-state index in [2.05, 4.69) is 5.32 Å². The summed E-state index contributed by atoms with van der Waals surface area (Å²) >= 11 is 12.2. The summed E-state index contributed by atoms with van der Waals surface area (Å²) in [6.07, 6.45) is 0.377. The number of anilines is 1. The molecule has 2 aromatic carbocycles. The predicted octanol–water partition coefficient (Wildman–Crippen LogP) is 5.25. The molecule has 11 heteroatoms. The van der Waals surface area contributed by atoms with Crippen molar-refractivity contribution in [3.05, 3.63) is 79.7 Å². The molecule has 3 heterocycles. The first-order valence-electron chi connectivity index (χ1n) is 13.8. The lowest BCUT2D eigenvalue weighted by Crippen LogP contribution is -2.46. The third-order valence-corrected chi connectivity index (χ3v) is 8.87. The first-order valence-corrected chi connectivity index (χ1v) is 14.6. The van der Waals surface area contributed by atoms with E-state index in [0.717, 1.165) is 5.46 Å². The highest BCUT2D eigenvalue weighted by molar-refractivity contribution is 6.62. The molecule has 41 heavy (non-hydrogen) atoms. The lowest BCUT2D eigenvalue weighted by atomic mass is 9.79. The quantitative estimate of drug-likeness (QED) is 0.405. The van der Waals surface area contributed by atoms with Gasteiger partial charge < -0.3 is 19.5 Å². The summed E-state index contributed by atoms with van der Waals surface area (Å²) in [4.78, 5) is 34.0. The standard InChI is InChI=1S/C30H35BCl2N4O4/c1-17(2)34-28-35-25-16-36(26(38)19-8-13-23(32)24(33)15-19)18(3)14-22(25)27(39)37(28)21-11-9-20(10-12-21)31-40-29(4,5)30(6,7)41-31/h8-13,15,17-18H,14,16H2,1-7H3,(H,34,35)/t18-/m1/s1. The van der Waals surface area contributed by atoms with E-state index < -0.39 is 18.3 Å². The Morgan fingerprint density at radius 2 is 1.68 bits per heavy atom. The number of hydrogen-bond donors (Lipinski definition) is 1. The van der Waals surface area contributed by atoms with Gasteiger partial charge in [0.05, 0.1) is 39.2 Å². The smallest absolute Gasteiger partial charge is 0.399 e. The summed E-state index contributed by atoms with van der Waals surface area (Å²) in [5, 5.41) is 4.02. The van der Waals surface area contributed by atoms with Crippen molar-refractivity contribution in [2.75, 3.05) is 5.32 Å². The third-order valence-electron chi connectivity index (χ3n) is 8.14. The van der Waals surface area contributed by atoms with E-state index >= 15 is 0 Å². The second kappa shape index (κ2) is 10.8. The predicted molar refractivity (Wildman–Crippen MR) is 164 cm³/mol. The normalized spacial score (nSPS) is 19.4. The number of rotatable bonds is 5. The van der Waals surface area contributed by atoms with E-state index in [4.69, 9.17) is 37.5 Å². The number of benzene rings is 2. The molecule has 3 aromatic rings. The molecule has 0 unspecified atom stereocenters. The molecule has 0 bridgehead atoms. The van der Waals surface area contributed by atoms with Gasteiger partial charge in [-0.1, -0.05) is 35.3 Å². The van der Waals surface area contributed by atoms with Crippen molar-refractivity contribution in [2.45, 2.75) is 84.7 Å². The number of fused-ring (bicyclic) bond motifs is 1. The van der Waals surface area contributed by atoms with Crippen LogP contribution >= 0.6 is 23.2 Å². The Balaban J connectivity index is 1.49. The fourth-order valence-corrected chi connectivity index (χ4v) is 5.38. The lowest BCUT2D eigenvalue weighted by molar-refractivity contribution is 0.00578. The van der Waals surface area contributed by atoms with Gasteiger partial charge in [0.25, 0.3) is 11.5 Å². The van der Waals surface area contributed by atoms with Crippen LogP contribution in [0.4, 0.5) is 5.95 Å². The average molecular weight is 597 g/mol. The molecule has 8 nitrogen and oxygen atoms in total. The second-order valence-electron chi connectivity index (χ2n) is 12.1. The molecule has 1 amide bonds. The van der Waals surface area contributed by atoms with Gasteiger partial charge in [-0.05, 0) is 90.7 Å². The summed E-state index contributed by atoms with van der Waals surface area (Å²) in [7, 11) is -0.499. The molecule has 1 fully saturated rings. The Hall–Kier alpha value is -2.85. The number of amides is 1. The lowest BCUT2D eigenvalue weighted by Gasteiger charge is -2.35. The fraction of sp³-hybridized carbons (Fsp3) is 0.433. The average Bonchev–Trinajstić information content (AvgIpc) is 3.12. The minimum atomic E-state index is -0.499. The van der Waals surface area contributed by atoms with Gasteiger partial charge in [-0.3, -0.25) is 9.59 Å². The van der Waals surface area contributed by atoms with Crippen molar-refractivity contribution < 1.29 is 14.1 Å². The molecule has 2 aliphatic rings. The zero-order chi connectivity index (χ0) is 29.9. The number of carbonyl (C=O) groups excluding carboxylic acids is 1. The van der Waals surface area contributed by atoms with E-state index in [1.54, 1.807) is 27.7 Å². The van der Waals surface area contributed by atoms with Crippen LogP contribution in [0.3, 0.4) is 0 Å². The molecule has 5 rings (SSSR count). The first kappa shape index (κ1) is 29.6. The minimum absolute atomic E-state index is 0.0201. The zero-order valence-electron chi connectivity index (χ0n) is 24.4. The van der Waals surface area contributed by atoms with Crippen LogP contribution in [0.15, 0.2) is 47.3 Å². The molecule has 1 saturated heterocycles. The van der Waals surface area contributed by atoms with Crippen LogP contribution in [0.5, 0.6) is 0 Å². The summed E-state index contributed by atoms with van der Waals surface area (Å²) in [6.45, 7) is 14.2. The zero-order valence-corrected chi connectivity index (χ0v) is 25.9. The molecule has 1 atom stereocenters. The number of nitrogens with zero attached hydrogens (tertiary/aromatic N) is 3. The van der Waals surface area contributed by atoms with Gasteiger partial charge in [0, 0.05) is 23.2 Å². The summed E-state index contributed by atoms with van der Waals surface area (Å²) in [5.74, 6) is 0.230. The molecule has 216 valence electrons. The molecule has 0 radical (unpaired) electrons. The largest absolute Gasteiger partial charge is 0.494 e. The monoisotopic (exact) mass is 596 g/mol. The van der Waals surface area contributed by atoms with Gasteiger partial charge in [-0.15, -0.1) is 0 Å². The number of halogens is 2. The molecular formula is C30H35BCl2N4O4. The number of hydrogen-bond acceptors (Lipinski definition) is 6. The van der Waals surface area contributed by atoms with Crippen molar-refractivity contribution in [1.29, 1.82) is 0 Å². The number of nitrogens with one attached hydrogen (secondary N) is 1. The van der Waals surface area contributed by atoms with Gasteiger partial charge in [0.2, 0.25) is 5.95 Å². The maximum atomic E-state index is 14.0. The van der Waals surface area contributed by atoms with Gasteiger partial charge in [0.1, 0.15) is 0 Å². The Morgan fingerprint density at radius 1 is 1.05 bits per heavy atom. The van der Waals surface area contributed by atoms with E-state index in [9.17, 15) is 9.59 Å². The van der Waals surface area contributed by atoms with Gasteiger partial charge in [0.15, 0.2) is 0 Å². The molecule has 0 aliphatic carbocycles. The van der Waals surface area contributed by atoms with Gasteiger partial charge in [-0.2, -0.15) is 0 Å². The maximum absolute atomic E-state index is 14.0. The van der Waals surface area contributed by atoms with Crippen molar-refractivity contribution in [1.82, 2.24) is 14.5 Å². The second-order valence-corrected chi connectivity index (χ2v) is 12.9. The summed E-state index contributed by atoms with van der Waals surface area (Å²) < 4.78 is 14.0. The van der Waals surface area contributed by atoms with Crippen LogP contribution in [0, 0.1) is 0 Å². The fourth-order valence-electron chi connectivity index (χ4n) is 5.08. The minimum Gasteiger partial charge on any atom is -0.399 e.